The smallest absolute Gasteiger partial charge is 0.278 e. The molecule has 2 amide bonds. The molecule has 6 nitrogen and oxygen atoms in total. The van der Waals surface area contributed by atoms with Gasteiger partial charge in [-0.05, 0) is 48.9 Å². The number of benzene rings is 2. The Hall–Kier alpha value is -3.80. The maximum Gasteiger partial charge on any atom is 0.278 e. The summed E-state index contributed by atoms with van der Waals surface area (Å²) in [7, 11) is 1.58. The molecule has 0 N–H and O–H groups in total. The average Bonchev–Trinajstić information content (AvgIpc) is 3.47. The van der Waals surface area contributed by atoms with Crippen LogP contribution in [0, 0.1) is 5.92 Å². The Bertz CT molecular complexity index is 1190. The highest BCUT2D eigenvalue weighted by molar-refractivity contribution is 6.35. The Morgan fingerprint density at radius 2 is 1.65 bits per heavy atom. The predicted molar refractivity (Wildman–Crippen MR) is 129 cm³/mol. The Morgan fingerprint density at radius 1 is 0.912 bits per heavy atom. The maximum absolute atomic E-state index is 13.6. The molecule has 0 unspecified atom stereocenters. The molecule has 0 aliphatic carbocycles. The largest absolute Gasteiger partial charge is 0.496 e. The first-order chi connectivity index (χ1) is 16.7. The fourth-order valence-electron chi connectivity index (χ4n) is 4.96. The fourth-order valence-corrected chi connectivity index (χ4v) is 4.96. The highest BCUT2D eigenvalue weighted by Crippen LogP contribution is 2.38. The summed E-state index contributed by atoms with van der Waals surface area (Å²) in [6, 6.07) is 21.4. The molecule has 34 heavy (non-hydrogen) atoms. The monoisotopic (exact) mass is 456 g/mol. The molecule has 1 fully saturated rings. The molecule has 3 aromatic rings. The van der Waals surface area contributed by atoms with Gasteiger partial charge in [0.05, 0.1) is 25.5 Å². The second kappa shape index (κ2) is 9.59. The number of carbonyl (C=O) groups is 2. The van der Waals surface area contributed by atoms with Gasteiger partial charge in [-0.25, -0.2) is 0 Å². The Balaban J connectivity index is 1.43. The summed E-state index contributed by atoms with van der Waals surface area (Å²) < 4.78 is 11.0. The number of rotatable bonds is 7. The van der Waals surface area contributed by atoms with Crippen LogP contribution in [0.15, 0.2) is 83.1 Å². The van der Waals surface area contributed by atoms with E-state index in [-0.39, 0.29) is 18.4 Å². The lowest BCUT2D eigenvalue weighted by molar-refractivity contribution is -0.138. The summed E-state index contributed by atoms with van der Waals surface area (Å²) in [6.45, 7) is 1.58. The summed E-state index contributed by atoms with van der Waals surface area (Å²) in [5, 5.41) is 0. The predicted octanol–water partition coefficient (Wildman–Crippen LogP) is 4.52. The van der Waals surface area contributed by atoms with Crippen molar-refractivity contribution in [2.24, 2.45) is 5.92 Å². The lowest BCUT2D eigenvalue weighted by Crippen LogP contribution is -2.38. The molecule has 0 radical (unpaired) electrons. The standard InChI is InChI=1S/C28H28N2O4/c1-33-24-12-6-5-11-23(24)25-26(28(32)30(27(25)31)19-22-10-7-17-34-22)29-15-13-21(14-16-29)18-20-8-3-2-4-9-20/h2-12,17,21H,13-16,18-19H2,1H3. The molecule has 1 aromatic heterocycles. The van der Waals surface area contributed by atoms with Crippen molar-refractivity contribution in [3.63, 3.8) is 0 Å². The minimum atomic E-state index is -0.313. The number of hydrogen-bond acceptors (Lipinski definition) is 5. The second-order valence-corrected chi connectivity index (χ2v) is 8.82. The van der Waals surface area contributed by atoms with E-state index in [4.69, 9.17) is 9.15 Å². The van der Waals surface area contributed by atoms with Crippen molar-refractivity contribution in [3.8, 4) is 5.75 Å². The average molecular weight is 457 g/mol. The molecule has 2 aliphatic rings. The summed E-state index contributed by atoms with van der Waals surface area (Å²) in [5.74, 6) is 1.12. The highest BCUT2D eigenvalue weighted by atomic mass is 16.5. The first-order valence-corrected chi connectivity index (χ1v) is 11.7. The van der Waals surface area contributed by atoms with E-state index in [9.17, 15) is 9.59 Å². The van der Waals surface area contributed by atoms with Crippen LogP contribution in [0.2, 0.25) is 0 Å². The molecule has 2 aliphatic heterocycles. The number of nitrogens with zero attached hydrogens (tertiary/aromatic N) is 2. The van der Waals surface area contributed by atoms with E-state index in [0.29, 0.717) is 34.3 Å². The van der Waals surface area contributed by atoms with Gasteiger partial charge in [0.25, 0.3) is 11.8 Å². The molecule has 2 aromatic carbocycles. The van der Waals surface area contributed by atoms with Crippen molar-refractivity contribution in [3.05, 3.63) is 95.6 Å². The fraction of sp³-hybridized carbons (Fsp3) is 0.286. The second-order valence-electron chi connectivity index (χ2n) is 8.82. The number of carbonyl (C=O) groups excluding carboxylic acids is 2. The molecular formula is C28H28N2O4. The lowest BCUT2D eigenvalue weighted by atomic mass is 9.89. The summed E-state index contributed by atoms with van der Waals surface area (Å²) in [5.41, 5.74) is 2.87. The van der Waals surface area contributed by atoms with Crippen molar-refractivity contribution in [2.75, 3.05) is 20.2 Å². The van der Waals surface area contributed by atoms with Gasteiger partial charge >= 0.3 is 0 Å². The van der Waals surface area contributed by atoms with Crippen LogP contribution in [-0.4, -0.2) is 41.8 Å². The third kappa shape index (κ3) is 4.23. The summed E-state index contributed by atoms with van der Waals surface area (Å²) >= 11 is 0. The van der Waals surface area contributed by atoms with Crippen LogP contribution in [0.5, 0.6) is 5.75 Å². The number of amides is 2. The van der Waals surface area contributed by atoms with Crippen molar-refractivity contribution in [2.45, 2.75) is 25.8 Å². The number of furan rings is 1. The van der Waals surface area contributed by atoms with Gasteiger partial charge in [-0.3, -0.25) is 14.5 Å². The van der Waals surface area contributed by atoms with Crippen LogP contribution in [0.1, 0.15) is 29.7 Å². The molecule has 1 saturated heterocycles. The van der Waals surface area contributed by atoms with Gasteiger partial charge in [0.2, 0.25) is 0 Å². The molecule has 0 bridgehead atoms. The molecular weight excluding hydrogens is 428 g/mol. The minimum Gasteiger partial charge on any atom is -0.496 e. The summed E-state index contributed by atoms with van der Waals surface area (Å²) in [4.78, 5) is 30.6. The number of likely N-dealkylation sites (tertiary alicyclic amines) is 1. The number of piperidine rings is 1. The quantitative estimate of drug-likeness (QED) is 0.489. The zero-order valence-corrected chi connectivity index (χ0v) is 19.3. The lowest BCUT2D eigenvalue weighted by Gasteiger charge is -2.34. The van der Waals surface area contributed by atoms with Crippen molar-refractivity contribution in [1.29, 1.82) is 0 Å². The minimum absolute atomic E-state index is 0.108. The van der Waals surface area contributed by atoms with Gasteiger partial charge in [0, 0.05) is 18.7 Å². The molecule has 0 spiro atoms. The topological polar surface area (TPSA) is 63.0 Å². The summed E-state index contributed by atoms with van der Waals surface area (Å²) in [6.07, 6.45) is 4.52. The van der Waals surface area contributed by atoms with Gasteiger partial charge < -0.3 is 14.1 Å². The van der Waals surface area contributed by atoms with Crippen LogP contribution < -0.4 is 4.74 Å². The normalized spacial score (nSPS) is 17.1. The van der Waals surface area contributed by atoms with E-state index in [1.54, 1.807) is 25.5 Å². The number of imide groups is 1. The SMILES string of the molecule is COc1ccccc1C1=C(N2CCC(Cc3ccccc3)CC2)C(=O)N(Cc2ccco2)C1=O. The van der Waals surface area contributed by atoms with E-state index < -0.39 is 0 Å². The Morgan fingerprint density at radius 3 is 2.35 bits per heavy atom. The highest BCUT2D eigenvalue weighted by Gasteiger charge is 2.43. The molecule has 0 atom stereocenters. The van der Waals surface area contributed by atoms with E-state index in [2.05, 4.69) is 29.2 Å². The van der Waals surface area contributed by atoms with Crippen LogP contribution in [0.25, 0.3) is 5.57 Å². The van der Waals surface area contributed by atoms with Gasteiger partial charge in [0.15, 0.2) is 0 Å². The van der Waals surface area contributed by atoms with E-state index in [1.807, 2.05) is 30.3 Å². The molecule has 174 valence electrons. The van der Waals surface area contributed by atoms with E-state index >= 15 is 0 Å². The molecule has 6 heteroatoms. The van der Waals surface area contributed by atoms with Crippen molar-refractivity contribution in [1.82, 2.24) is 9.80 Å². The zero-order chi connectivity index (χ0) is 23.5. The number of methoxy groups -OCH3 is 1. The third-order valence-electron chi connectivity index (χ3n) is 6.71. The van der Waals surface area contributed by atoms with Gasteiger partial charge in [-0.15, -0.1) is 0 Å². The molecule has 5 rings (SSSR count). The molecule has 0 saturated carbocycles. The van der Waals surface area contributed by atoms with E-state index in [1.165, 1.54) is 10.5 Å². The van der Waals surface area contributed by atoms with Crippen LogP contribution in [0.4, 0.5) is 0 Å². The zero-order valence-electron chi connectivity index (χ0n) is 19.3. The van der Waals surface area contributed by atoms with Crippen molar-refractivity contribution < 1.29 is 18.7 Å². The van der Waals surface area contributed by atoms with Crippen LogP contribution >= 0.6 is 0 Å². The number of para-hydroxylation sites is 1. The van der Waals surface area contributed by atoms with Crippen LogP contribution in [0.3, 0.4) is 0 Å². The van der Waals surface area contributed by atoms with Gasteiger partial charge in [-0.1, -0.05) is 48.5 Å². The first kappa shape index (κ1) is 22.0. The Kier molecular flexibility index (Phi) is 6.21. The van der Waals surface area contributed by atoms with Crippen LogP contribution in [-0.2, 0) is 22.6 Å². The number of ether oxygens (including phenoxy) is 1. The van der Waals surface area contributed by atoms with Crippen molar-refractivity contribution >= 4 is 17.4 Å². The van der Waals surface area contributed by atoms with Gasteiger partial charge in [-0.2, -0.15) is 0 Å². The third-order valence-corrected chi connectivity index (χ3v) is 6.71. The molecule has 3 heterocycles. The first-order valence-electron chi connectivity index (χ1n) is 11.7. The number of hydrogen-bond donors (Lipinski definition) is 0. The van der Waals surface area contributed by atoms with E-state index in [0.717, 1.165) is 32.4 Å². The maximum atomic E-state index is 13.6. The Labute approximate surface area is 199 Å². The van der Waals surface area contributed by atoms with Gasteiger partial charge in [0.1, 0.15) is 17.2 Å².